The summed E-state index contributed by atoms with van der Waals surface area (Å²) < 4.78 is 4.31. The monoisotopic (exact) mass is 228 g/mol. The van der Waals surface area contributed by atoms with E-state index >= 15 is 0 Å². The molecule has 0 saturated carbocycles. The van der Waals surface area contributed by atoms with Gasteiger partial charge in [0.1, 0.15) is 5.82 Å². The predicted octanol–water partition coefficient (Wildman–Crippen LogP) is 1.71. The van der Waals surface area contributed by atoms with Crippen LogP contribution in [0.15, 0.2) is 0 Å². The second-order valence-corrected chi connectivity index (χ2v) is 5.10. The van der Waals surface area contributed by atoms with E-state index in [9.17, 15) is 0 Å². The predicted molar refractivity (Wildman–Crippen MR) is 65.5 cm³/mol. The van der Waals surface area contributed by atoms with Crippen LogP contribution in [-0.4, -0.2) is 41.4 Å². The van der Waals surface area contributed by atoms with E-state index in [0.717, 1.165) is 30.5 Å². The molecule has 0 amide bonds. The lowest BCUT2D eigenvalue weighted by molar-refractivity contribution is 0.410. The Labute approximate surface area is 95.9 Å². The van der Waals surface area contributed by atoms with Crippen molar-refractivity contribution >= 4 is 16.7 Å². The Hall–Kier alpha value is -0.680. The van der Waals surface area contributed by atoms with Gasteiger partial charge in [-0.25, -0.2) is 4.98 Å². The Kier molecular flexibility index (Phi) is 4.98. The van der Waals surface area contributed by atoms with Crippen LogP contribution in [0.4, 0.5) is 5.13 Å². The van der Waals surface area contributed by atoms with Crippen LogP contribution in [-0.2, 0) is 6.42 Å². The summed E-state index contributed by atoms with van der Waals surface area (Å²) in [4.78, 5) is 6.56. The van der Waals surface area contributed by atoms with Gasteiger partial charge in [-0.15, -0.1) is 0 Å². The number of nitrogens with zero attached hydrogens (tertiary/aromatic N) is 3. The van der Waals surface area contributed by atoms with Gasteiger partial charge in [0.05, 0.1) is 0 Å². The first-order valence-electron chi connectivity index (χ1n) is 5.29. The van der Waals surface area contributed by atoms with Gasteiger partial charge >= 0.3 is 0 Å². The van der Waals surface area contributed by atoms with Crippen LogP contribution < -0.4 is 5.32 Å². The minimum Gasteiger partial charge on any atom is -0.360 e. The van der Waals surface area contributed by atoms with Gasteiger partial charge in [0.2, 0.25) is 5.13 Å². The van der Waals surface area contributed by atoms with Crippen LogP contribution in [0.3, 0.4) is 0 Å². The third kappa shape index (κ3) is 5.09. The average Bonchev–Trinajstić information content (AvgIpc) is 2.59. The highest BCUT2D eigenvalue weighted by molar-refractivity contribution is 7.09. The zero-order valence-corrected chi connectivity index (χ0v) is 10.8. The summed E-state index contributed by atoms with van der Waals surface area (Å²) in [5.74, 6) is 1.58. The summed E-state index contributed by atoms with van der Waals surface area (Å²) in [6, 6.07) is 0. The van der Waals surface area contributed by atoms with Crippen LogP contribution in [0.2, 0.25) is 0 Å². The smallest absolute Gasteiger partial charge is 0.202 e. The fourth-order valence-corrected chi connectivity index (χ4v) is 1.66. The summed E-state index contributed by atoms with van der Waals surface area (Å²) in [6.07, 6.45) is 0.923. The average molecular weight is 228 g/mol. The Bertz CT molecular complexity index is 256. The van der Waals surface area contributed by atoms with Gasteiger partial charge < -0.3 is 10.2 Å². The SMILES string of the molecule is CC(C)CNc1nc(CCN(C)C)ns1. The number of hydrogen-bond acceptors (Lipinski definition) is 5. The Morgan fingerprint density at radius 1 is 1.40 bits per heavy atom. The molecule has 15 heavy (non-hydrogen) atoms. The zero-order valence-electron chi connectivity index (χ0n) is 9.95. The second kappa shape index (κ2) is 6.02. The molecule has 0 aliphatic carbocycles. The van der Waals surface area contributed by atoms with Crippen molar-refractivity contribution < 1.29 is 0 Å². The lowest BCUT2D eigenvalue weighted by Gasteiger charge is -2.06. The minimum atomic E-state index is 0.638. The molecule has 0 radical (unpaired) electrons. The topological polar surface area (TPSA) is 41.1 Å². The van der Waals surface area contributed by atoms with Gasteiger partial charge in [0, 0.05) is 31.0 Å². The molecule has 1 rings (SSSR count). The van der Waals surface area contributed by atoms with Crippen LogP contribution in [0, 0.1) is 5.92 Å². The molecule has 0 aliphatic heterocycles. The molecule has 1 aromatic rings. The first-order valence-corrected chi connectivity index (χ1v) is 6.06. The molecule has 0 atom stereocenters. The van der Waals surface area contributed by atoms with Crippen molar-refractivity contribution in [3.05, 3.63) is 5.82 Å². The Morgan fingerprint density at radius 2 is 2.13 bits per heavy atom. The molecule has 1 N–H and O–H groups in total. The van der Waals surface area contributed by atoms with Gasteiger partial charge in [0.25, 0.3) is 0 Å². The third-order valence-corrected chi connectivity index (χ3v) is 2.62. The van der Waals surface area contributed by atoms with Crippen LogP contribution >= 0.6 is 11.5 Å². The lowest BCUT2D eigenvalue weighted by Crippen LogP contribution is -2.15. The summed E-state index contributed by atoms with van der Waals surface area (Å²) in [7, 11) is 4.12. The summed E-state index contributed by atoms with van der Waals surface area (Å²) in [6.45, 7) is 6.32. The normalized spacial score (nSPS) is 11.3. The molecule has 0 fully saturated rings. The molecular weight excluding hydrogens is 208 g/mol. The molecule has 0 aliphatic rings. The number of anilines is 1. The minimum absolute atomic E-state index is 0.638. The van der Waals surface area contributed by atoms with Crippen LogP contribution in [0.25, 0.3) is 0 Å². The number of likely N-dealkylation sites (N-methyl/N-ethyl adjacent to an activating group) is 1. The van der Waals surface area contributed by atoms with E-state index in [0.29, 0.717) is 5.92 Å². The van der Waals surface area contributed by atoms with E-state index in [2.05, 4.69) is 47.5 Å². The van der Waals surface area contributed by atoms with Crippen LogP contribution in [0.1, 0.15) is 19.7 Å². The van der Waals surface area contributed by atoms with Crippen molar-refractivity contribution in [1.82, 2.24) is 14.3 Å². The fraction of sp³-hybridized carbons (Fsp3) is 0.800. The highest BCUT2D eigenvalue weighted by Gasteiger charge is 2.04. The van der Waals surface area contributed by atoms with Crippen molar-refractivity contribution in [2.75, 3.05) is 32.5 Å². The van der Waals surface area contributed by atoms with Gasteiger partial charge in [-0.3, -0.25) is 0 Å². The van der Waals surface area contributed by atoms with Crippen molar-refractivity contribution in [3.8, 4) is 0 Å². The molecule has 5 heteroatoms. The second-order valence-electron chi connectivity index (χ2n) is 4.34. The summed E-state index contributed by atoms with van der Waals surface area (Å²) in [5, 5.41) is 4.23. The van der Waals surface area contributed by atoms with Crippen molar-refractivity contribution in [1.29, 1.82) is 0 Å². The molecule has 86 valence electrons. The molecule has 1 heterocycles. The standard InChI is InChI=1S/C10H20N4S/c1-8(2)7-11-10-12-9(13-15-10)5-6-14(3)4/h8H,5-7H2,1-4H3,(H,11,12,13). The number of aromatic nitrogens is 2. The van der Waals surface area contributed by atoms with E-state index in [4.69, 9.17) is 0 Å². The molecule has 0 unspecified atom stereocenters. The zero-order chi connectivity index (χ0) is 11.3. The maximum atomic E-state index is 4.42. The third-order valence-electron chi connectivity index (χ3n) is 1.91. The van der Waals surface area contributed by atoms with E-state index in [-0.39, 0.29) is 0 Å². The Morgan fingerprint density at radius 3 is 2.73 bits per heavy atom. The summed E-state index contributed by atoms with van der Waals surface area (Å²) in [5.41, 5.74) is 0. The number of nitrogens with one attached hydrogen (secondary N) is 1. The lowest BCUT2D eigenvalue weighted by atomic mass is 10.2. The first-order chi connectivity index (χ1) is 7.08. The highest BCUT2D eigenvalue weighted by atomic mass is 32.1. The molecule has 0 saturated heterocycles. The quantitative estimate of drug-likeness (QED) is 0.805. The van der Waals surface area contributed by atoms with E-state index in [1.54, 1.807) is 0 Å². The molecule has 0 aromatic carbocycles. The first kappa shape index (κ1) is 12.4. The van der Waals surface area contributed by atoms with Gasteiger partial charge in [-0.2, -0.15) is 4.37 Å². The van der Waals surface area contributed by atoms with Crippen molar-refractivity contribution in [3.63, 3.8) is 0 Å². The molecule has 4 nitrogen and oxygen atoms in total. The molecule has 0 bridgehead atoms. The molecule has 0 spiro atoms. The van der Waals surface area contributed by atoms with Crippen LogP contribution in [0.5, 0.6) is 0 Å². The number of rotatable bonds is 6. The fourth-order valence-electron chi connectivity index (χ4n) is 1.04. The molecule has 1 aromatic heterocycles. The van der Waals surface area contributed by atoms with Crippen molar-refractivity contribution in [2.24, 2.45) is 5.92 Å². The van der Waals surface area contributed by atoms with Gasteiger partial charge in [-0.1, -0.05) is 13.8 Å². The van der Waals surface area contributed by atoms with Crippen molar-refractivity contribution in [2.45, 2.75) is 20.3 Å². The van der Waals surface area contributed by atoms with E-state index in [1.165, 1.54) is 11.5 Å². The largest absolute Gasteiger partial charge is 0.360 e. The maximum Gasteiger partial charge on any atom is 0.202 e. The number of hydrogen-bond donors (Lipinski definition) is 1. The maximum absolute atomic E-state index is 4.42. The van der Waals surface area contributed by atoms with Gasteiger partial charge in [0.15, 0.2) is 0 Å². The van der Waals surface area contributed by atoms with E-state index < -0.39 is 0 Å². The highest BCUT2D eigenvalue weighted by Crippen LogP contribution is 2.11. The summed E-state index contributed by atoms with van der Waals surface area (Å²) >= 11 is 1.45. The van der Waals surface area contributed by atoms with Gasteiger partial charge in [-0.05, 0) is 20.0 Å². The molecular formula is C10H20N4S. The Balaban J connectivity index is 2.35. The van der Waals surface area contributed by atoms with E-state index in [1.807, 2.05) is 0 Å².